The average Bonchev–Trinajstić information content (AvgIpc) is 3.14. The van der Waals surface area contributed by atoms with Crippen LogP contribution in [0.3, 0.4) is 0 Å². The highest BCUT2D eigenvalue weighted by molar-refractivity contribution is 8.18. The van der Waals surface area contributed by atoms with Gasteiger partial charge in [0.05, 0.1) is 19.1 Å². The number of nitrogens with zero attached hydrogens (tertiary/aromatic N) is 2. The number of hydrogen-bond acceptors (Lipinski definition) is 5. The second-order valence-corrected chi connectivity index (χ2v) is 6.09. The first-order valence-corrected chi connectivity index (χ1v) is 8.05. The molecule has 0 radical (unpaired) electrons. The molecule has 0 bridgehead atoms. The molecule has 0 atom stereocenters. The molecule has 0 unspecified atom stereocenters. The standard InChI is InChI=1S/C17H17N3O3S/c1-20-8-4-5-11(20)9-15-16(21)19-17(24-15)18-13-7-6-12(22-2)10-14(13)23-3/h4-10H,1-3H3,(H,18,19,21). The summed E-state index contributed by atoms with van der Waals surface area (Å²) in [7, 11) is 5.09. The fourth-order valence-corrected chi connectivity index (χ4v) is 3.05. The molecule has 1 saturated heterocycles. The number of thioether (sulfide) groups is 1. The van der Waals surface area contributed by atoms with Crippen molar-refractivity contribution in [2.45, 2.75) is 0 Å². The molecule has 2 heterocycles. The number of rotatable bonds is 4. The van der Waals surface area contributed by atoms with Crippen LogP contribution >= 0.6 is 11.8 Å². The van der Waals surface area contributed by atoms with Crippen LogP contribution in [0.25, 0.3) is 6.08 Å². The van der Waals surface area contributed by atoms with Crippen molar-refractivity contribution in [3.8, 4) is 11.5 Å². The smallest absolute Gasteiger partial charge is 0.264 e. The summed E-state index contributed by atoms with van der Waals surface area (Å²) in [6, 6.07) is 9.21. The van der Waals surface area contributed by atoms with E-state index in [1.807, 2.05) is 36.0 Å². The Morgan fingerprint density at radius 3 is 2.75 bits per heavy atom. The molecule has 24 heavy (non-hydrogen) atoms. The summed E-state index contributed by atoms with van der Waals surface area (Å²) >= 11 is 1.30. The highest BCUT2D eigenvalue weighted by atomic mass is 32.2. The van der Waals surface area contributed by atoms with Gasteiger partial charge in [0.25, 0.3) is 5.91 Å². The SMILES string of the molecule is COc1ccc(N=C2NC(=O)C(=Cc3cccn3C)S2)c(OC)c1. The number of carbonyl (C=O) groups excluding carboxylic acids is 1. The third kappa shape index (κ3) is 3.30. The van der Waals surface area contributed by atoms with Crippen LogP contribution in [0, 0.1) is 0 Å². The number of benzene rings is 1. The van der Waals surface area contributed by atoms with Crippen molar-refractivity contribution < 1.29 is 14.3 Å². The van der Waals surface area contributed by atoms with Crippen molar-refractivity contribution in [2.75, 3.05) is 14.2 Å². The Morgan fingerprint density at radius 2 is 2.08 bits per heavy atom. The second kappa shape index (κ2) is 6.84. The number of aryl methyl sites for hydroxylation is 1. The maximum absolute atomic E-state index is 12.1. The zero-order valence-electron chi connectivity index (χ0n) is 13.6. The number of nitrogens with one attached hydrogen (secondary N) is 1. The van der Waals surface area contributed by atoms with Gasteiger partial charge in [0, 0.05) is 25.0 Å². The summed E-state index contributed by atoms with van der Waals surface area (Å²) in [6.45, 7) is 0. The summed E-state index contributed by atoms with van der Waals surface area (Å²) in [6.07, 6.45) is 3.77. The van der Waals surface area contributed by atoms with Gasteiger partial charge in [-0.2, -0.15) is 0 Å². The number of hydrogen-bond donors (Lipinski definition) is 1. The zero-order chi connectivity index (χ0) is 17.1. The third-order valence-electron chi connectivity index (χ3n) is 3.52. The number of aliphatic imine (C=N–C) groups is 1. The normalized spacial score (nSPS) is 17.4. The second-order valence-electron chi connectivity index (χ2n) is 5.06. The lowest BCUT2D eigenvalue weighted by atomic mass is 10.3. The number of ether oxygens (including phenoxy) is 2. The monoisotopic (exact) mass is 343 g/mol. The summed E-state index contributed by atoms with van der Waals surface area (Å²) in [4.78, 5) is 17.2. The largest absolute Gasteiger partial charge is 0.497 e. The van der Waals surface area contributed by atoms with Gasteiger partial charge in [-0.25, -0.2) is 4.99 Å². The average molecular weight is 343 g/mol. The Kier molecular flexibility index (Phi) is 4.61. The number of methoxy groups -OCH3 is 2. The molecule has 1 aromatic heterocycles. The molecule has 124 valence electrons. The predicted octanol–water partition coefficient (Wildman–Crippen LogP) is 2.93. The molecule has 3 rings (SSSR count). The van der Waals surface area contributed by atoms with E-state index in [-0.39, 0.29) is 5.91 Å². The summed E-state index contributed by atoms with van der Waals surface area (Å²) in [5, 5.41) is 3.29. The fraction of sp³-hybridized carbons (Fsp3) is 0.176. The molecule has 0 aliphatic carbocycles. The summed E-state index contributed by atoms with van der Waals surface area (Å²) in [5.74, 6) is 1.10. The van der Waals surface area contributed by atoms with Crippen LogP contribution in [0.2, 0.25) is 0 Å². The Labute approximate surface area is 144 Å². The number of aromatic nitrogens is 1. The first-order chi connectivity index (χ1) is 11.6. The fourth-order valence-electron chi connectivity index (χ4n) is 2.23. The van der Waals surface area contributed by atoms with Gasteiger partial charge >= 0.3 is 0 Å². The van der Waals surface area contributed by atoms with Crippen molar-refractivity contribution in [3.05, 3.63) is 47.1 Å². The van der Waals surface area contributed by atoms with Gasteiger partial charge < -0.3 is 19.4 Å². The first-order valence-electron chi connectivity index (χ1n) is 7.23. The maximum atomic E-state index is 12.1. The van der Waals surface area contributed by atoms with Crippen LogP contribution < -0.4 is 14.8 Å². The van der Waals surface area contributed by atoms with E-state index in [0.29, 0.717) is 27.3 Å². The van der Waals surface area contributed by atoms with E-state index < -0.39 is 0 Å². The third-order valence-corrected chi connectivity index (χ3v) is 4.43. The molecular weight excluding hydrogens is 326 g/mol. The van der Waals surface area contributed by atoms with Crippen molar-refractivity contribution in [1.82, 2.24) is 9.88 Å². The molecule has 1 fully saturated rings. The quantitative estimate of drug-likeness (QED) is 0.867. The highest BCUT2D eigenvalue weighted by Crippen LogP contribution is 2.34. The van der Waals surface area contributed by atoms with E-state index in [2.05, 4.69) is 10.3 Å². The molecule has 0 spiro atoms. The van der Waals surface area contributed by atoms with Gasteiger partial charge in [-0.1, -0.05) is 0 Å². The molecule has 6 nitrogen and oxygen atoms in total. The first kappa shape index (κ1) is 16.2. The van der Waals surface area contributed by atoms with Gasteiger partial charge in [0.15, 0.2) is 5.17 Å². The molecule has 1 aliphatic rings. The van der Waals surface area contributed by atoms with Crippen LogP contribution in [-0.4, -0.2) is 29.9 Å². The molecule has 0 saturated carbocycles. The minimum absolute atomic E-state index is 0.160. The lowest BCUT2D eigenvalue weighted by Gasteiger charge is -2.07. The Hall–Kier alpha value is -2.67. The highest BCUT2D eigenvalue weighted by Gasteiger charge is 2.24. The summed E-state index contributed by atoms with van der Waals surface area (Å²) in [5.41, 5.74) is 1.58. The number of amides is 1. The molecule has 2 aromatic rings. The zero-order valence-corrected chi connectivity index (χ0v) is 14.4. The molecular formula is C17H17N3O3S. The Bertz CT molecular complexity index is 839. The van der Waals surface area contributed by atoms with Crippen molar-refractivity contribution in [2.24, 2.45) is 12.0 Å². The van der Waals surface area contributed by atoms with Crippen LogP contribution in [0.5, 0.6) is 11.5 Å². The van der Waals surface area contributed by atoms with Gasteiger partial charge in [-0.3, -0.25) is 4.79 Å². The Morgan fingerprint density at radius 1 is 1.25 bits per heavy atom. The topological polar surface area (TPSA) is 64.8 Å². The number of amidine groups is 1. The summed E-state index contributed by atoms with van der Waals surface area (Å²) < 4.78 is 12.4. The minimum Gasteiger partial charge on any atom is -0.497 e. The Balaban J connectivity index is 1.87. The van der Waals surface area contributed by atoms with Gasteiger partial charge in [0.2, 0.25) is 0 Å². The lowest BCUT2D eigenvalue weighted by Crippen LogP contribution is -2.19. The van der Waals surface area contributed by atoms with Crippen molar-refractivity contribution in [1.29, 1.82) is 0 Å². The molecule has 1 amide bonds. The lowest BCUT2D eigenvalue weighted by molar-refractivity contribution is -0.115. The minimum atomic E-state index is -0.160. The van der Waals surface area contributed by atoms with E-state index in [4.69, 9.17) is 9.47 Å². The van der Waals surface area contributed by atoms with Gasteiger partial charge in [-0.05, 0) is 42.1 Å². The molecule has 1 N–H and O–H groups in total. The maximum Gasteiger partial charge on any atom is 0.264 e. The van der Waals surface area contributed by atoms with E-state index >= 15 is 0 Å². The van der Waals surface area contributed by atoms with Crippen LogP contribution in [-0.2, 0) is 11.8 Å². The molecule has 1 aromatic carbocycles. The van der Waals surface area contributed by atoms with E-state index in [0.717, 1.165) is 5.69 Å². The number of carbonyl (C=O) groups is 1. The molecule has 1 aliphatic heterocycles. The predicted molar refractivity (Wildman–Crippen MR) is 95.8 cm³/mol. The van der Waals surface area contributed by atoms with Crippen LogP contribution in [0.15, 0.2) is 46.4 Å². The van der Waals surface area contributed by atoms with Crippen LogP contribution in [0.1, 0.15) is 5.69 Å². The van der Waals surface area contributed by atoms with E-state index in [9.17, 15) is 4.79 Å². The van der Waals surface area contributed by atoms with E-state index in [1.54, 1.807) is 32.4 Å². The van der Waals surface area contributed by atoms with E-state index in [1.165, 1.54) is 11.8 Å². The molecule has 7 heteroatoms. The van der Waals surface area contributed by atoms with Gasteiger partial charge in [-0.15, -0.1) is 0 Å². The van der Waals surface area contributed by atoms with Gasteiger partial charge in [0.1, 0.15) is 17.2 Å². The van der Waals surface area contributed by atoms with Crippen LogP contribution in [0.4, 0.5) is 5.69 Å². The van der Waals surface area contributed by atoms with Crippen molar-refractivity contribution in [3.63, 3.8) is 0 Å². The van der Waals surface area contributed by atoms with Crippen molar-refractivity contribution >= 4 is 34.6 Å².